The van der Waals surface area contributed by atoms with Crippen LogP contribution in [0.1, 0.15) is 15.9 Å². The number of carbonyl (C=O) groups excluding carboxylic acids is 1. The predicted molar refractivity (Wildman–Crippen MR) is 69.7 cm³/mol. The van der Waals surface area contributed by atoms with E-state index in [1.807, 2.05) is 6.07 Å². The topological polar surface area (TPSA) is 35.5 Å². The fourth-order valence-electron chi connectivity index (χ4n) is 1.32. The van der Waals surface area contributed by atoms with E-state index in [1.165, 1.54) is 7.11 Å². The van der Waals surface area contributed by atoms with Crippen molar-refractivity contribution >= 4 is 37.8 Å². The number of benzene rings is 1. The molecule has 0 fully saturated rings. The summed E-state index contributed by atoms with van der Waals surface area (Å²) in [6, 6.07) is 5.27. The molecule has 0 heterocycles. The molecule has 0 aromatic heterocycles. The van der Waals surface area contributed by atoms with E-state index >= 15 is 0 Å². The zero-order chi connectivity index (χ0) is 12.1. The Labute approximate surface area is 111 Å². The van der Waals surface area contributed by atoms with E-state index in [0.29, 0.717) is 11.3 Å². The molecular weight excluding hydrogens is 340 g/mol. The number of rotatable bonds is 4. The highest BCUT2D eigenvalue weighted by Crippen LogP contribution is 2.25. The Morgan fingerprint density at radius 1 is 1.38 bits per heavy atom. The quantitative estimate of drug-likeness (QED) is 0.617. The van der Waals surface area contributed by atoms with Crippen molar-refractivity contribution in [2.45, 2.75) is 10.2 Å². The lowest BCUT2D eigenvalue weighted by molar-refractivity contribution is 0.0600. The molecule has 0 radical (unpaired) electrons. The van der Waals surface area contributed by atoms with Crippen LogP contribution < -0.4 is 4.74 Å². The van der Waals surface area contributed by atoms with Gasteiger partial charge in [0.1, 0.15) is 5.75 Å². The Morgan fingerprint density at radius 2 is 2.06 bits per heavy atom. The first-order valence-corrected chi connectivity index (χ1v) is 6.45. The van der Waals surface area contributed by atoms with Crippen LogP contribution in [0.4, 0.5) is 0 Å². The van der Waals surface area contributed by atoms with Crippen LogP contribution in [0.5, 0.6) is 5.75 Å². The van der Waals surface area contributed by atoms with E-state index < -0.39 is 0 Å². The number of hydrogen-bond acceptors (Lipinski definition) is 3. The van der Waals surface area contributed by atoms with Crippen LogP contribution in [0, 0.1) is 0 Å². The van der Waals surface area contributed by atoms with Gasteiger partial charge in [-0.25, -0.2) is 4.79 Å². The first-order chi connectivity index (χ1) is 7.58. The number of methoxy groups -OCH3 is 2. The summed E-state index contributed by atoms with van der Waals surface area (Å²) in [6.07, 6.45) is 0.768. The molecule has 3 nitrogen and oxygen atoms in total. The van der Waals surface area contributed by atoms with Gasteiger partial charge in [-0.1, -0.05) is 37.9 Å². The summed E-state index contributed by atoms with van der Waals surface area (Å²) < 4.78 is 10.1. The monoisotopic (exact) mass is 350 g/mol. The normalized spacial score (nSPS) is 10.3. The minimum atomic E-state index is -0.362. The van der Waals surface area contributed by atoms with Gasteiger partial charge in [-0.3, -0.25) is 0 Å². The van der Waals surface area contributed by atoms with Crippen molar-refractivity contribution in [2.75, 3.05) is 14.2 Å². The molecule has 0 aliphatic rings. The molecule has 0 spiro atoms. The number of halogens is 2. The number of esters is 1. The molecular formula is C11H12Br2O3. The zero-order valence-electron chi connectivity index (χ0n) is 9.00. The Bertz CT molecular complexity index is 377. The summed E-state index contributed by atoms with van der Waals surface area (Å²) in [5.74, 6) is 0.325. The van der Waals surface area contributed by atoms with Gasteiger partial charge in [0.15, 0.2) is 0 Å². The van der Waals surface area contributed by atoms with Crippen molar-refractivity contribution < 1.29 is 14.3 Å². The van der Waals surface area contributed by atoms with Crippen LogP contribution in [-0.2, 0) is 11.2 Å². The third-order valence-electron chi connectivity index (χ3n) is 2.08. The van der Waals surface area contributed by atoms with Crippen LogP contribution in [0.2, 0.25) is 0 Å². The summed E-state index contributed by atoms with van der Waals surface area (Å²) in [5, 5.41) is 0. The van der Waals surface area contributed by atoms with Gasteiger partial charge in [-0.15, -0.1) is 0 Å². The van der Waals surface area contributed by atoms with Crippen molar-refractivity contribution in [1.82, 2.24) is 0 Å². The van der Waals surface area contributed by atoms with E-state index in [0.717, 1.165) is 12.0 Å². The molecule has 1 aromatic rings. The molecule has 0 aliphatic carbocycles. The Morgan fingerprint density at radius 3 is 2.56 bits per heavy atom. The van der Waals surface area contributed by atoms with Crippen molar-refractivity contribution in [3.8, 4) is 5.75 Å². The van der Waals surface area contributed by atoms with Crippen LogP contribution in [-0.4, -0.2) is 23.9 Å². The van der Waals surface area contributed by atoms with Gasteiger partial charge in [0.25, 0.3) is 0 Å². The summed E-state index contributed by atoms with van der Waals surface area (Å²) in [6.45, 7) is 0. The lowest BCUT2D eigenvalue weighted by atomic mass is 10.1. The highest BCUT2D eigenvalue weighted by molar-refractivity contribution is 9.24. The molecule has 0 saturated heterocycles. The van der Waals surface area contributed by atoms with Gasteiger partial charge in [0, 0.05) is 0 Å². The summed E-state index contributed by atoms with van der Waals surface area (Å²) in [5.41, 5.74) is 1.51. The molecule has 88 valence electrons. The van der Waals surface area contributed by atoms with Gasteiger partial charge >= 0.3 is 5.97 Å². The summed E-state index contributed by atoms with van der Waals surface area (Å²) in [4.78, 5) is 11.3. The third-order valence-corrected chi connectivity index (χ3v) is 2.73. The summed E-state index contributed by atoms with van der Waals surface area (Å²) in [7, 11) is 2.94. The van der Waals surface area contributed by atoms with E-state index in [2.05, 4.69) is 36.6 Å². The second-order valence-electron chi connectivity index (χ2n) is 3.11. The smallest absolute Gasteiger partial charge is 0.337 e. The number of alkyl halides is 2. The Kier molecular flexibility index (Phi) is 5.28. The minimum Gasteiger partial charge on any atom is -0.496 e. The van der Waals surface area contributed by atoms with E-state index in [-0.39, 0.29) is 9.71 Å². The number of hydrogen-bond donors (Lipinski definition) is 0. The van der Waals surface area contributed by atoms with Crippen molar-refractivity contribution in [1.29, 1.82) is 0 Å². The molecule has 5 heteroatoms. The van der Waals surface area contributed by atoms with Crippen LogP contribution in [0.3, 0.4) is 0 Å². The third kappa shape index (κ3) is 3.49. The average molecular weight is 352 g/mol. The standard InChI is InChI=1S/C11H12Br2O3/c1-15-9-5-8(11(14)16-2)4-3-7(9)6-10(12)13/h3-5,10H,6H2,1-2H3. The maximum atomic E-state index is 11.3. The fourth-order valence-corrected chi connectivity index (χ4v) is 2.02. The largest absolute Gasteiger partial charge is 0.496 e. The Hall–Kier alpha value is -0.550. The van der Waals surface area contributed by atoms with E-state index in [4.69, 9.17) is 4.74 Å². The van der Waals surface area contributed by atoms with E-state index in [1.54, 1.807) is 19.2 Å². The maximum Gasteiger partial charge on any atom is 0.337 e. The van der Waals surface area contributed by atoms with Gasteiger partial charge in [-0.2, -0.15) is 0 Å². The van der Waals surface area contributed by atoms with E-state index in [9.17, 15) is 4.79 Å². The average Bonchev–Trinajstić information content (AvgIpc) is 2.27. The first-order valence-electron chi connectivity index (χ1n) is 4.62. The van der Waals surface area contributed by atoms with Crippen molar-refractivity contribution in [3.05, 3.63) is 29.3 Å². The Balaban J connectivity index is 3.01. The minimum absolute atomic E-state index is 0.179. The number of ether oxygens (including phenoxy) is 2. The van der Waals surface area contributed by atoms with Gasteiger partial charge < -0.3 is 9.47 Å². The van der Waals surface area contributed by atoms with Gasteiger partial charge in [0.2, 0.25) is 0 Å². The molecule has 1 aromatic carbocycles. The molecule has 0 amide bonds. The molecule has 0 unspecified atom stereocenters. The van der Waals surface area contributed by atoms with Crippen LogP contribution >= 0.6 is 31.9 Å². The molecule has 16 heavy (non-hydrogen) atoms. The van der Waals surface area contributed by atoms with Gasteiger partial charge in [-0.05, 0) is 24.1 Å². The number of carbonyl (C=O) groups is 1. The molecule has 0 bridgehead atoms. The lowest BCUT2D eigenvalue weighted by Gasteiger charge is -2.10. The van der Waals surface area contributed by atoms with Gasteiger partial charge in [0.05, 0.1) is 23.5 Å². The van der Waals surface area contributed by atoms with Crippen molar-refractivity contribution in [3.63, 3.8) is 0 Å². The fraction of sp³-hybridized carbons (Fsp3) is 0.364. The molecule has 0 aliphatic heterocycles. The SMILES string of the molecule is COC(=O)c1ccc(CC(Br)Br)c(OC)c1. The molecule has 1 rings (SSSR count). The molecule has 0 saturated carbocycles. The zero-order valence-corrected chi connectivity index (χ0v) is 12.2. The molecule has 0 N–H and O–H groups in total. The van der Waals surface area contributed by atoms with Crippen LogP contribution in [0.25, 0.3) is 0 Å². The predicted octanol–water partition coefficient (Wildman–Crippen LogP) is 3.14. The molecule has 0 atom stereocenters. The second kappa shape index (κ2) is 6.25. The highest BCUT2D eigenvalue weighted by Gasteiger charge is 2.11. The second-order valence-corrected chi connectivity index (χ2v) is 6.55. The maximum absolute atomic E-state index is 11.3. The first kappa shape index (κ1) is 13.5. The van der Waals surface area contributed by atoms with Crippen LogP contribution in [0.15, 0.2) is 18.2 Å². The lowest BCUT2D eigenvalue weighted by Crippen LogP contribution is -2.04. The summed E-state index contributed by atoms with van der Waals surface area (Å²) >= 11 is 6.81. The highest BCUT2D eigenvalue weighted by atomic mass is 79.9. The van der Waals surface area contributed by atoms with Crippen molar-refractivity contribution in [2.24, 2.45) is 0 Å².